The Morgan fingerprint density at radius 2 is 1.56 bits per heavy atom. The Bertz CT molecular complexity index is 662. The summed E-state index contributed by atoms with van der Waals surface area (Å²) in [6.45, 7) is 5.20. The molecule has 2 saturated heterocycles. The van der Waals surface area contributed by atoms with E-state index in [2.05, 4.69) is 0 Å². The molecule has 0 N–H and O–H groups in total. The highest BCUT2D eigenvalue weighted by molar-refractivity contribution is 7.86. The van der Waals surface area contributed by atoms with Crippen molar-refractivity contribution in [2.45, 2.75) is 19.4 Å². The van der Waals surface area contributed by atoms with Gasteiger partial charge in [0.1, 0.15) is 6.04 Å². The quantitative estimate of drug-likeness (QED) is 0.740. The summed E-state index contributed by atoms with van der Waals surface area (Å²) in [5, 5.41) is 0. The molecule has 8 nitrogen and oxygen atoms in total. The molecule has 1 aromatic rings. The minimum absolute atomic E-state index is 0.0575. The molecule has 0 aliphatic carbocycles. The van der Waals surface area contributed by atoms with E-state index in [9.17, 15) is 13.2 Å². The number of rotatable bonds is 5. The van der Waals surface area contributed by atoms with Crippen LogP contribution in [-0.2, 0) is 19.7 Å². The van der Waals surface area contributed by atoms with Crippen LogP contribution in [-0.4, -0.2) is 84.9 Å². The Morgan fingerprint density at radius 1 is 1.00 bits per heavy atom. The maximum Gasteiger partial charge on any atom is 0.282 e. The Labute approximate surface area is 149 Å². The molecule has 1 unspecified atom stereocenters. The van der Waals surface area contributed by atoms with Crippen molar-refractivity contribution in [2.75, 3.05) is 52.5 Å². The second-order valence-electron chi connectivity index (χ2n) is 6.30. The number of carbonyl (C=O) groups is 1. The number of hydrogen-bond donors (Lipinski definition) is 0. The average molecular weight is 370 g/mol. The topological polar surface area (TPSA) is 75.1 Å². The fourth-order valence-electron chi connectivity index (χ4n) is 3.36. The first-order valence-corrected chi connectivity index (χ1v) is 10.2. The summed E-state index contributed by atoms with van der Waals surface area (Å²) in [4.78, 5) is 14.6. The molecule has 9 heteroatoms. The molecule has 25 heavy (non-hydrogen) atoms. The molecule has 0 bridgehead atoms. The minimum atomic E-state index is -3.46. The second kappa shape index (κ2) is 7.86. The van der Waals surface area contributed by atoms with Crippen LogP contribution < -0.4 is 0 Å². The van der Waals surface area contributed by atoms with Gasteiger partial charge >= 0.3 is 0 Å². The van der Waals surface area contributed by atoms with Crippen LogP contribution >= 0.6 is 0 Å². The number of piperazine rings is 1. The number of ether oxygens (including phenoxy) is 1. The predicted molar refractivity (Wildman–Crippen MR) is 93.2 cm³/mol. The van der Waals surface area contributed by atoms with Crippen molar-refractivity contribution in [1.29, 1.82) is 0 Å². The molecule has 140 valence electrons. The lowest BCUT2D eigenvalue weighted by molar-refractivity contribution is -0.136. The van der Waals surface area contributed by atoms with Gasteiger partial charge in [-0.25, -0.2) is 0 Å². The molecule has 3 heterocycles. The van der Waals surface area contributed by atoms with Gasteiger partial charge < -0.3 is 14.2 Å². The lowest BCUT2D eigenvalue weighted by Crippen LogP contribution is -2.56. The minimum Gasteiger partial charge on any atom is -0.379 e. The fourth-order valence-corrected chi connectivity index (χ4v) is 4.92. The monoisotopic (exact) mass is 370 g/mol. The maximum absolute atomic E-state index is 12.8. The number of carbonyl (C=O) groups excluding carboxylic acids is 1. The Hall–Kier alpha value is -1.42. The Morgan fingerprint density at radius 3 is 2.12 bits per heavy atom. The second-order valence-corrected chi connectivity index (χ2v) is 8.23. The van der Waals surface area contributed by atoms with Crippen LogP contribution in [0, 0.1) is 0 Å². The third-order valence-corrected chi connectivity index (χ3v) is 6.87. The van der Waals surface area contributed by atoms with E-state index in [1.54, 1.807) is 4.90 Å². The normalized spacial score (nSPS) is 22.0. The van der Waals surface area contributed by atoms with Crippen LogP contribution in [0.5, 0.6) is 0 Å². The van der Waals surface area contributed by atoms with Crippen molar-refractivity contribution in [3.63, 3.8) is 0 Å². The summed E-state index contributed by atoms with van der Waals surface area (Å²) < 4.78 is 35.5. The van der Waals surface area contributed by atoms with E-state index in [-0.39, 0.29) is 11.9 Å². The summed E-state index contributed by atoms with van der Waals surface area (Å²) in [5.41, 5.74) is 0. The molecular weight excluding hydrogens is 344 g/mol. The maximum atomic E-state index is 12.8. The molecule has 2 fully saturated rings. The zero-order valence-electron chi connectivity index (χ0n) is 14.6. The highest BCUT2D eigenvalue weighted by atomic mass is 32.2. The first-order valence-electron chi connectivity index (χ1n) is 8.78. The van der Waals surface area contributed by atoms with E-state index in [0.29, 0.717) is 58.9 Å². The van der Waals surface area contributed by atoms with Crippen LogP contribution in [0.4, 0.5) is 0 Å². The van der Waals surface area contributed by atoms with Crippen LogP contribution in [0.3, 0.4) is 0 Å². The van der Waals surface area contributed by atoms with E-state index < -0.39 is 10.2 Å². The Kier molecular flexibility index (Phi) is 5.78. The predicted octanol–water partition coefficient (Wildman–Crippen LogP) is 0.160. The SMILES string of the molecule is CCC(C(=O)N1CCN(S(=O)(=O)N2CCOCC2)CC1)n1cccc1. The Balaban J connectivity index is 1.60. The van der Waals surface area contributed by atoms with Gasteiger partial charge in [-0.3, -0.25) is 4.79 Å². The van der Waals surface area contributed by atoms with Gasteiger partial charge in [0, 0.05) is 51.7 Å². The van der Waals surface area contributed by atoms with Crippen molar-refractivity contribution in [3.05, 3.63) is 24.5 Å². The summed E-state index contributed by atoms with van der Waals surface area (Å²) in [6.07, 6.45) is 4.50. The molecule has 2 aliphatic rings. The van der Waals surface area contributed by atoms with E-state index in [1.807, 2.05) is 36.0 Å². The standard InChI is InChI=1S/C16H26N4O4S/c1-2-15(17-5-3-4-6-17)16(21)18-7-9-19(10-8-18)25(22,23)20-11-13-24-14-12-20/h3-6,15H,2,7-14H2,1H3. The number of amides is 1. The number of nitrogens with zero attached hydrogens (tertiary/aromatic N) is 4. The first-order chi connectivity index (χ1) is 12.0. The van der Waals surface area contributed by atoms with Crippen LogP contribution in [0.1, 0.15) is 19.4 Å². The fraction of sp³-hybridized carbons (Fsp3) is 0.688. The molecule has 1 atom stereocenters. The van der Waals surface area contributed by atoms with Crippen LogP contribution in [0.25, 0.3) is 0 Å². The third kappa shape index (κ3) is 3.89. The molecule has 2 aliphatic heterocycles. The third-order valence-electron chi connectivity index (χ3n) is 4.83. The first kappa shape index (κ1) is 18.4. The van der Waals surface area contributed by atoms with E-state index in [0.717, 1.165) is 0 Å². The molecule has 1 aromatic heterocycles. The van der Waals surface area contributed by atoms with Gasteiger partial charge in [-0.1, -0.05) is 6.92 Å². The molecular formula is C16H26N4O4S. The van der Waals surface area contributed by atoms with Crippen LogP contribution in [0.2, 0.25) is 0 Å². The summed E-state index contributed by atoms with van der Waals surface area (Å²) >= 11 is 0. The summed E-state index contributed by atoms with van der Waals surface area (Å²) in [7, 11) is -3.46. The highest BCUT2D eigenvalue weighted by Crippen LogP contribution is 2.19. The lowest BCUT2D eigenvalue weighted by atomic mass is 10.2. The highest BCUT2D eigenvalue weighted by Gasteiger charge is 2.35. The van der Waals surface area contributed by atoms with Crippen molar-refractivity contribution in [3.8, 4) is 0 Å². The van der Waals surface area contributed by atoms with E-state index >= 15 is 0 Å². The number of hydrogen-bond acceptors (Lipinski definition) is 4. The van der Waals surface area contributed by atoms with Gasteiger partial charge in [-0.15, -0.1) is 0 Å². The van der Waals surface area contributed by atoms with Crippen molar-refractivity contribution < 1.29 is 17.9 Å². The van der Waals surface area contributed by atoms with E-state index in [4.69, 9.17) is 4.74 Å². The van der Waals surface area contributed by atoms with Crippen LogP contribution in [0.15, 0.2) is 24.5 Å². The van der Waals surface area contributed by atoms with Gasteiger partial charge in [0.25, 0.3) is 10.2 Å². The van der Waals surface area contributed by atoms with Crippen molar-refractivity contribution in [1.82, 2.24) is 18.1 Å². The molecule has 0 spiro atoms. The van der Waals surface area contributed by atoms with Crippen molar-refractivity contribution >= 4 is 16.1 Å². The van der Waals surface area contributed by atoms with Gasteiger partial charge in [-0.2, -0.15) is 17.0 Å². The average Bonchev–Trinajstić information content (AvgIpc) is 3.17. The number of aromatic nitrogens is 1. The molecule has 1 amide bonds. The van der Waals surface area contributed by atoms with Gasteiger partial charge in [-0.05, 0) is 18.6 Å². The van der Waals surface area contributed by atoms with Gasteiger partial charge in [0.05, 0.1) is 13.2 Å². The zero-order valence-corrected chi connectivity index (χ0v) is 15.4. The summed E-state index contributed by atoms with van der Waals surface area (Å²) in [5.74, 6) is 0.0575. The molecule has 0 radical (unpaired) electrons. The van der Waals surface area contributed by atoms with E-state index in [1.165, 1.54) is 8.61 Å². The lowest BCUT2D eigenvalue weighted by Gasteiger charge is -2.38. The molecule has 0 saturated carbocycles. The molecule has 3 rings (SSSR count). The molecule has 0 aromatic carbocycles. The largest absolute Gasteiger partial charge is 0.379 e. The van der Waals surface area contributed by atoms with Gasteiger partial charge in [0.15, 0.2) is 0 Å². The number of morpholine rings is 1. The smallest absolute Gasteiger partial charge is 0.282 e. The van der Waals surface area contributed by atoms with Gasteiger partial charge in [0.2, 0.25) is 5.91 Å². The van der Waals surface area contributed by atoms with Crippen molar-refractivity contribution in [2.24, 2.45) is 0 Å². The zero-order chi connectivity index (χ0) is 17.9. The summed E-state index contributed by atoms with van der Waals surface area (Å²) in [6, 6.07) is 3.59.